The molecule has 0 atom stereocenters. The molecule has 5 heteroatoms. The van der Waals surface area contributed by atoms with Crippen LogP contribution in [0.2, 0.25) is 0 Å². The van der Waals surface area contributed by atoms with Crippen LogP contribution < -0.4 is 10.3 Å². The minimum atomic E-state index is 0.482. The zero-order valence-electron chi connectivity index (χ0n) is 8.86. The number of anilines is 1. The number of allylic oxidation sites excluding steroid dienone is 2. The second-order valence-electron chi connectivity index (χ2n) is 3.66. The Morgan fingerprint density at radius 3 is 3.07 bits per heavy atom. The summed E-state index contributed by atoms with van der Waals surface area (Å²) in [5.74, 6) is 0.482. The summed E-state index contributed by atoms with van der Waals surface area (Å²) >= 11 is 0. The van der Waals surface area contributed by atoms with E-state index in [1.165, 1.54) is 5.57 Å². The van der Waals surface area contributed by atoms with Gasteiger partial charge in [0.2, 0.25) is 12.1 Å². The van der Waals surface area contributed by atoms with Gasteiger partial charge in [0, 0.05) is 0 Å². The molecule has 0 fully saturated rings. The van der Waals surface area contributed by atoms with Gasteiger partial charge in [0.15, 0.2) is 11.8 Å². The monoisotopic (exact) mass is 204 g/mol. The smallest absolute Gasteiger partial charge is 0.293 e. The predicted molar refractivity (Wildman–Crippen MR) is 57.9 cm³/mol. The van der Waals surface area contributed by atoms with E-state index in [1.807, 2.05) is 4.57 Å². The van der Waals surface area contributed by atoms with Crippen LogP contribution in [0, 0.1) is 0 Å². The van der Waals surface area contributed by atoms with Gasteiger partial charge >= 0.3 is 0 Å². The molecular formula is C10H14N5+. The van der Waals surface area contributed by atoms with Gasteiger partial charge < -0.3 is 10.7 Å². The lowest BCUT2D eigenvalue weighted by Crippen LogP contribution is -2.34. The fourth-order valence-corrected chi connectivity index (χ4v) is 1.36. The van der Waals surface area contributed by atoms with Crippen LogP contribution in [0.15, 0.2) is 24.3 Å². The Kier molecular flexibility index (Phi) is 2.37. The quantitative estimate of drug-likeness (QED) is 0.561. The fraction of sp³-hybridized carbons (Fsp3) is 0.300. The fourth-order valence-electron chi connectivity index (χ4n) is 1.36. The molecule has 0 saturated carbocycles. The van der Waals surface area contributed by atoms with Crippen LogP contribution in [0.4, 0.5) is 5.82 Å². The minimum Gasteiger partial charge on any atom is -0.368 e. The summed E-state index contributed by atoms with van der Waals surface area (Å²) in [6.45, 7) is 4.89. The highest BCUT2D eigenvalue weighted by Gasteiger charge is 2.12. The zero-order valence-corrected chi connectivity index (χ0v) is 8.86. The number of nitrogen functional groups attached to an aromatic ring is 1. The van der Waals surface area contributed by atoms with E-state index in [1.54, 1.807) is 12.7 Å². The summed E-state index contributed by atoms with van der Waals surface area (Å²) in [7, 11) is 0. The molecule has 0 bridgehead atoms. The maximum atomic E-state index is 5.71. The van der Waals surface area contributed by atoms with E-state index >= 15 is 0 Å². The third-order valence-corrected chi connectivity index (χ3v) is 2.18. The third kappa shape index (κ3) is 1.81. The lowest BCUT2D eigenvalue weighted by atomic mass is 10.3. The Labute approximate surface area is 87.7 Å². The second-order valence-corrected chi connectivity index (χ2v) is 3.66. The molecule has 0 unspecified atom stereocenters. The topological polar surface area (TPSA) is 71.5 Å². The first-order chi connectivity index (χ1) is 7.18. The number of nitrogens with two attached hydrogens (primary N) is 1. The second kappa shape index (κ2) is 3.68. The summed E-state index contributed by atoms with van der Waals surface area (Å²) in [5.41, 5.74) is 8.61. The molecule has 0 aromatic carbocycles. The van der Waals surface area contributed by atoms with E-state index in [2.05, 4.69) is 34.9 Å². The van der Waals surface area contributed by atoms with Gasteiger partial charge in [-0.2, -0.15) is 0 Å². The summed E-state index contributed by atoms with van der Waals surface area (Å²) in [6.07, 6.45) is 5.45. The maximum absolute atomic E-state index is 5.71. The maximum Gasteiger partial charge on any atom is 0.293 e. The Morgan fingerprint density at radius 2 is 2.33 bits per heavy atom. The normalized spacial score (nSPS) is 10.5. The largest absolute Gasteiger partial charge is 0.368 e. The molecule has 78 valence electrons. The molecular weight excluding hydrogens is 190 g/mol. The van der Waals surface area contributed by atoms with E-state index < -0.39 is 0 Å². The van der Waals surface area contributed by atoms with Crippen LogP contribution in [0.25, 0.3) is 11.2 Å². The molecule has 2 aromatic rings. The van der Waals surface area contributed by atoms with Crippen molar-refractivity contribution in [3.63, 3.8) is 0 Å². The first-order valence-corrected chi connectivity index (χ1v) is 4.79. The third-order valence-electron chi connectivity index (χ3n) is 2.18. The number of aromatic amines is 1. The Morgan fingerprint density at radius 1 is 1.53 bits per heavy atom. The van der Waals surface area contributed by atoms with Crippen LogP contribution in [-0.2, 0) is 6.54 Å². The molecule has 0 amide bonds. The Hall–Kier alpha value is -1.91. The van der Waals surface area contributed by atoms with Crippen molar-refractivity contribution < 1.29 is 4.57 Å². The van der Waals surface area contributed by atoms with Gasteiger partial charge in [0.25, 0.3) is 5.65 Å². The van der Waals surface area contributed by atoms with Crippen LogP contribution in [0.5, 0.6) is 0 Å². The number of nitrogens with zero attached hydrogens (tertiary/aromatic N) is 3. The number of rotatable bonds is 2. The van der Waals surface area contributed by atoms with Gasteiger partial charge in [-0.1, -0.05) is 21.6 Å². The van der Waals surface area contributed by atoms with Crippen molar-refractivity contribution in [1.82, 2.24) is 15.0 Å². The SMILES string of the molecule is CC(C)=CC[n+]1cnc(N)c2[nH]cnc21. The van der Waals surface area contributed by atoms with E-state index in [4.69, 9.17) is 5.73 Å². The molecule has 2 heterocycles. The molecule has 2 rings (SSSR count). The highest BCUT2D eigenvalue weighted by molar-refractivity contribution is 5.78. The molecule has 2 aromatic heterocycles. The standard InChI is InChI=1S/C10H13N5/c1-7(2)3-4-15-6-14-9(11)8-10(15)13-5-12-8/h3,5-6H,4H2,1-2H3,(H2,11,12,13)/p+1. The summed E-state index contributed by atoms with van der Waals surface area (Å²) in [5, 5.41) is 0. The van der Waals surface area contributed by atoms with E-state index in [0.29, 0.717) is 5.82 Å². The number of fused-ring (bicyclic) bond motifs is 1. The lowest BCUT2D eigenvalue weighted by molar-refractivity contribution is -0.665. The summed E-state index contributed by atoms with van der Waals surface area (Å²) < 4.78 is 1.95. The van der Waals surface area contributed by atoms with Crippen LogP contribution >= 0.6 is 0 Å². The first kappa shape index (κ1) is 9.64. The Balaban J connectivity index is 2.48. The van der Waals surface area contributed by atoms with Crippen molar-refractivity contribution in [2.75, 3.05) is 5.73 Å². The average molecular weight is 204 g/mol. The zero-order chi connectivity index (χ0) is 10.8. The van der Waals surface area contributed by atoms with Crippen LogP contribution in [0.3, 0.4) is 0 Å². The number of aromatic nitrogens is 4. The van der Waals surface area contributed by atoms with Gasteiger partial charge in [-0.15, -0.1) is 0 Å². The van der Waals surface area contributed by atoms with E-state index in [0.717, 1.165) is 17.7 Å². The van der Waals surface area contributed by atoms with Gasteiger partial charge in [-0.05, 0) is 13.8 Å². The summed E-state index contributed by atoms with van der Waals surface area (Å²) in [4.78, 5) is 11.3. The molecule has 0 aliphatic heterocycles. The molecule has 0 aliphatic carbocycles. The highest BCUT2D eigenvalue weighted by Crippen LogP contribution is 2.08. The number of nitrogens with one attached hydrogen (secondary N) is 1. The lowest BCUT2D eigenvalue weighted by Gasteiger charge is -1.97. The van der Waals surface area contributed by atoms with Gasteiger partial charge in [0.05, 0.1) is 6.54 Å². The summed E-state index contributed by atoms with van der Waals surface area (Å²) in [6, 6.07) is 0. The minimum absolute atomic E-state index is 0.482. The van der Waals surface area contributed by atoms with E-state index in [-0.39, 0.29) is 0 Å². The van der Waals surface area contributed by atoms with Gasteiger partial charge in [0.1, 0.15) is 0 Å². The van der Waals surface area contributed by atoms with Crippen LogP contribution in [0.1, 0.15) is 13.8 Å². The van der Waals surface area contributed by atoms with Gasteiger partial charge in [-0.25, -0.2) is 4.57 Å². The van der Waals surface area contributed by atoms with Crippen molar-refractivity contribution in [2.24, 2.45) is 0 Å². The molecule has 15 heavy (non-hydrogen) atoms. The van der Waals surface area contributed by atoms with Crippen molar-refractivity contribution in [1.29, 1.82) is 0 Å². The van der Waals surface area contributed by atoms with Crippen LogP contribution in [-0.4, -0.2) is 15.0 Å². The molecule has 0 saturated heterocycles. The number of hydrogen-bond acceptors (Lipinski definition) is 3. The number of imidazole rings is 1. The van der Waals surface area contributed by atoms with Crippen molar-refractivity contribution in [2.45, 2.75) is 20.4 Å². The predicted octanol–water partition coefficient (Wildman–Crippen LogP) is 0.794. The van der Waals surface area contributed by atoms with E-state index in [9.17, 15) is 0 Å². The molecule has 0 spiro atoms. The van der Waals surface area contributed by atoms with Crippen molar-refractivity contribution in [3.05, 3.63) is 24.3 Å². The number of hydrogen-bond donors (Lipinski definition) is 2. The Bertz CT molecular complexity index is 508. The molecule has 0 radical (unpaired) electrons. The van der Waals surface area contributed by atoms with Crippen molar-refractivity contribution >= 4 is 17.0 Å². The molecule has 3 N–H and O–H groups in total. The van der Waals surface area contributed by atoms with Gasteiger partial charge in [-0.3, -0.25) is 0 Å². The first-order valence-electron chi connectivity index (χ1n) is 4.79. The highest BCUT2D eigenvalue weighted by atomic mass is 15.1. The average Bonchev–Trinajstić information content (AvgIpc) is 2.66. The van der Waals surface area contributed by atoms with Crippen molar-refractivity contribution in [3.8, 4) is 0 Å². The number of H-pyrrole nitrogens is 1. The molecule has 5 nitrogen and oxygen atoms in total. The molecule has 0 aliphatic rings.